The molecule has 0 heterocycles. The first kappa shape index (κ1) is 75.5. The topological polar surface area (TPSA) is 78.9 Å². The van der Waals surface area contributed by atoms with Crippen molar-refractivity contribution in [2.24, 2.45) is 0 Å². The monoisotopic (exact) mass is 1110 g/mol. The molecule has 0 rings (SSSR count). The minimum Gasteiger partial charge on any atom is -0.462 e. The standard InChI is InChI=1S/C75H116O6/c1-4-7-10-13-16-19-22-25-28-30-32-34-35-36-37-38-39-41-42-44-47-50-53-56-59-62-65-68-74(77)80-71-72(70-79-73(76)67-64-61-58-55-52-49-46-27-24-21-18-15-12-9-6-3)81-75(78)69-66-63-60-57-54-51-48-45-43-40-33-31-29-26-23-20-17-14-11-8-5-2/h7-8,10-11,16-21,25-29,32-34,36-37,39-41,44-48,54,57,72H,4-6,9,12-15,22-24,30-31,35,38,42-43,49-53,55-56,58-71H2,1-3H3/b10-7-,11-8-,19-16-,20-17-,21-18-,28-25-,29-26-,34-32-,37-36-,40-33-,41-39-,46-27-,47-44-,48-45-,57-54-. The molecule has 0 aromatic heterocycles. The van der Waals surface area contributed by atoms with Gasteiger partial charge in [-0.05, 0) is 161 Å². The zero-order valence-electron chi connectivity index (χ0n) is 51.7. The van der Waals surface area contributed by atoms with E-state index in [9.17, 15) is 14.4 Å². The van der Waals surface area contributed by atoms with Crippen LogP contribution in [0, 0.1) is 0 Å². The van der Waals surface area contributed by atoms with E-state index < -0.39 is 6.10 Å². The predicted molar refractivity (Wildman–Crippen MR) is 352 cm³/mol. The van der Waals surface area contributed by atoms with Crippen molar-refractivity contribution in [3.8, 4) is 0 Å². The summed E-state index contributed by atoms with van der Waals surface area (Å²) in [4.78, 5) is 38.3. The average molecular weight is 1110 g/mol. The summed E-state index contributed by atoms with van der Waals surface area (Å²) in [5.41, 5.74) is 0. The molecule has 0 aliphatic heterocycles. The summed E-state index contributed by atoms with van der Waals surface area (Å²) in [6.07, 6.45) is 100. The van der Waals surface area contributed by atoms with E-state index in [1.165, 1.54) is 25.7 Å². The van der Waals surface area contributed by atoms with Crippen LogP contribution in [0.1, 0.15) is 252 Å². The van der Waals surface area contributed by atoms with Crippen LogP contribution in [0.5, 0.6) is 0 Å². The van der Waals surface area contributed by atoms with E-state index in [4.69, 9.17) is 14.2 Å². The van der Waals surface area contributed by atoms with Gasteiger partial charge in [0.25, 0.3) is 0 Å². The summed E-state index contributed by atoms with van der Waals surface area (Å²) in [7, 11) is 0. The molecule has 0 aromatic rings. The number of unbranched alkanes of at least 4 members (excludes halogenated alkanes) is 15. The third-order valence-corrected chi connectivity index (χ3v) is 12.9. The minimum atomic E-state index is -0.828. The second-order valence-electron chi connectivity index (χ2n) is 20.5. The van der Waals surface area contributed by atoms with Crippen LogP contribution in [0.4, 0.5) is 0 Å². The molecule has 0 N–H and O–H groups in total. The van der Waals surface area contributed by atoms with Crippen LogP contribution in [0.15, 0.2) is 182 Å². The first-order valence-corrected chi connectivity index (χ1v) is 32.3. The van der Waals surface area contributed by atoms with E-state index in [0.29, 0.717) is 19.3 Å². The number of hydrogen-bond acceptors (Lipinski definition) is 6. The molecule has 6 nitrogen and oxygen atoms in total. The van der Waals surface area contributed by atoms with Crippen LogP contribution in [0.3, 0.4) is 0 Å². The zero-order valence-corrected chi connectivity index (χ0v) is 51.7. The third kappa shape index (κ3) is 65.2. The number of carbonyl (C=O) groups is 3. The van der Waals surface area contributed by atoms with Gasteiger partial charge < -0.3 is 14.2 Å². The number of rotatable bonds is 56. The normalized spacial score (nSPS) is 13.4. The summed E-state index contributed by atoms with van der Waals surface area (Å²) in [6, 6.07) is 0. The van der Waals surface area contributed by atoms with Gasteiger partial charge in [0.2, 0.25) is 0 Å². The van der Waals surface area contributed by atoms with E-state index in [2.05, 4.69) is 203 Å². The molecule has 1 unspecified atom stereocenters. The van der Waals surface area contributed by atoms with E-state index in [1.807, 2.05) is 0 Å². The Morgan fingerprint density at radius 3 is 0.778 bits per heavy atom. The highest BCUT2D eigenvalue weighted by Crippen LogP contribution is 2.13. The van der Waals surface area contributed by atoms with Crippen LogP contribution < -0.4 is 0 Å². The van der Waals surface area contributed by atoms with Crippen molar-refractivity contribution in [3.63, 3.8) is 0 Å². The molecule has 0 amide bonds. The summed E-state index contributed by atoms with van der Waals surface area (Å²) in [5, 5.41) is 0. The zero-order chi connectivity index (χ0) is 58.5. The fourth-order valence-electron chi connectivity index (χ4n) is 8.10. The Morgan fingerprint density at radius 1 is 0.259 bits per heavy atom. The van der Waals surface area contributed by atoms with Crippen LogP contribution in [0.25, 0.3) is 0 Å². The van der Waals surface area contributed by atoms with E-state index in [-0.39, 0.29) is 37.5 Å². The second kappa shape index (κ2) is 67.0. The molecule has 0 aliphatic carbocycles. The first-order chi connectivity index (χ1) is 40.0. The number of esters is 3. The highest BCUT2D eigenvalue weighted by molar-refractivity contribution is 5.71. The fourth-order valence-corrected chi connectivity index (χ4v) is 8.10. The fraction of sp³-hybridized carbons (Fsp3) is 0.560. The highest BCUT2D eigenvalue weighted by Gasteiger charge is 2.19. The van der Waals surface area contributed by atoms with Crippen LogP contribution in [-0.2, 0) is 28.6 Å². The van der Waals surface area contributed by atoms with E-state index in [0.717, 1.165) is 180 Å². The largest absolute Gasteiger partial charge is 0.462 e. The van der Waals surface area contributed by atoms with Crippen molar-refractivity contribution in [2.45, 2.75) is 258 Å². The number of carbonyl (C=O) groups excluding carboxylic acids is 3. The minimum absolute atomic E-state index is 0.119. The smallest absolute Gasteiger partial charge is 0.306 e. The maximum atomic E-state index is 12.9. The maximum Gasteiger partial charge on any atom is 0.306 e. The quantitative estimate of drug-likeness (QED) is 0.0261. The molecule has 0 aromatic carbocycles. The van der Waals surface area contributed by atoms with Gasteiger partial charge in [-0.3, -0.25) is 14.4 Å². The first-order valence-electron chi connectivity index (χ1n) is 32.3. The lowest BCUT2D eigenvalue weighted by Crippen LogP contribution is -2.30. The van der Waals surface area contributed by atoms with Crippen molar-refractivity contribution in [2.75, 3.05) is 13.2 Å². The summed E-state index contributed by atoms with van der Waals surface area (Å²) < 4.78 is 16.9. The van der Waals surface area contributed by atoms with Crippen LogP contribution in [0.2, 0.25) is 0 Å². The van der Waals surface area contributed by atoms with Gasteiger partial charge in [-0.1, -0.05) is 254 Å². The molecule has 81 heavy (non-hydrogen) atoms. The summed E-state index contributed by atoms with van der Waals surface area (Å²) >= 11 is 0. The molecule has 0 fully saturated rings. The molecule has 0 saturated carbocycles. The molecule has 6 heteroatoms. The Labute approximate surface area is 497 Å². The molecule has 0 saturated heterocycles. The Kier molecular flexibility index (Phi) is 62.5. The van der Waals surface area contributed by atoms with Crippen molar-refractivity contribution < 1.29 is 28.6 Å². The lowest BCUT2D eigenvalue weighted by Gasteiger charge is -2.18. The Bertz CT molecular complexity index is 1900. The average Bonchev–Trinajstić information content (AvgIpc) is 3.47. The predicted octanol–water partition coefficient (Wildman–Crippen LogP) is 22.4. The lowest BCUT2D eigenvalue weighted by molar-refractivity contribution is -0.167. The van der Waals surface area contributed by atoms with Gasteiger partial charge in [0.05, 0.1) is 0 Å². The molecule has 0 radical (unpaired) electrons. The lowest BCUT2D eigenvalue weighted by atomic mass is 10.1. The molecule has 0 bridgehead atoms. The van der Waals surface area contributed by atoms with Gasteiger partial charge in [0, 0.05) is 19.3 Å². The van der Waals surface area contributed by atoms with Crippen molar-refractivity contribution >= 4 is 17.9 Å². The number of allylic oxidation sites excluding steroid dienone is 30. The van der Waals surface area contributed by atoms with Gasteiger partial charge in [-0.25, -0.2) is 0 Å². The van der Waals surface area contributed by atoms with Crippen molar-refractivity contribution in [1.82, 2.24) is 0 Å². The number of ether oxygens (including phenoxy) is 3. The molecule has 1 atom stereocenters. The van der Waals surface area contributed by atoms with Gasteiger partial charge in [0.1, 0.15) is 13.2 Å². The Hall–Kier alpha value is -5.49. The van der Waals surface area contributed by atoms with Gasteiger partial charge in [-0.15, -0.1) is 0 Å². The van der Waals surface area contributed by atoms with Gasteiger partial charge in [0.15, 0.2) is 6.10 Å². The summed E-state index contributed by atoms with van der Waals surface area (Å²) in [6.45, 7) is 6.31. The van der Waals surface area contributed by atoms with Gasteiger partial charge >= 0.3 is 17.9 Å². The molecular formula is C75H116O6. The third-order valence-electron chi connectivity index (χ3n) is 12.9. The van der Waals surface area contributed by atoms with Crippen LogP contribution >= 0.6 is 0 Å². The molecule has 0 spiro atoms. The van der Waals surface area contributed by atoms with E-state index in [1.54, 1.807) is 0 Å². The van der Waals surface area contributed by atoms with Crippen molar-refractivity contribution in [1.29, 1.82) is 0 Å². The SMILES string of the molecule is CC/C=C\C/C=C\C/C=C\C/C=C\C/C=C\C/C=C\C/C=C\CCCCCCCC(=O)OCC(COC(=O)CCCCCCC/C=C\C/C=C\CCCCC)OC(=O)CCCC/C=C\C/C=C\C/C=C\C/C=C\C/C=C\C/C=C\CC. The van der Waals surface area contributed by atoms with E-state index >= 15 is 0 Å². The Balaban J connectivity index is 4.53. The van der Waals surface area contributed by atoms with Crippen molar-refractivity contribution in [3.05, 3.63) is 182 Å². The highest BCUT2D eigenvalue weighted by atomic mass is 16.6. The molecule has 0 aliphatic rings. The molecule has 452 valence electrons. The maximum absolute atomic E-state index is 12.9. The number of hydrogen-bond donors (Lipinski definition) is 0. The van der Waals surface area contributed by atoms with Gasteiger partial charge in [-0.2, -0.15) is 0 Å². The molecular weight excluding hydrogens is 997 g/mol. The second-order valence-corrected chi connectivity index (χ2v) is 20.5. The van der Waals surface area contributed by atoms with Crippen LogP contribution in [-0.4, -0.2) is 37.2 Å². The Morgan fingerprint density at radius 2 is 0.481 bits per heavy atom. The summed E-state index contributed by atoms with van der Waals surface area (Å²) in [5.74, 6) is -1.00.